The first kappa shape index (κ1) is 11.6. The molecule has 0 spiro atoms. The van der Waals surface area contributed by atoms with Gasteiger partial charge in [-0.3, -0.25) is 4.90 Å². The molecule has 2 aliphatic rings. The molecule has 0 unspecified atom stereocenters. The second-order valence-corrected chi connectivity index (χ2v) is 5.29. The van der Waals surface area contributed by atoms with Crippen molar-refractivity contribution in [1.29, 1.82) is 0 Å². The molecule has 3 nitrogen and oxygen atoms in total. The Hall–Kier alpha value is -1.48. The standard InChI is InChI=1S/C15H19NO2/c1-2-8-16-9-7-11-10-4-6-14(17)15(18)12(10)3-5-13(11)16/h2,4,6,11,13,17-18H,1,3,5,7-9H2/t11-,13+/m0/s1. The number of fused-ring (bicyclic) bond motifs is 3. The third kappa shape index (κ3) is 1.62. The molecule has 2 atom stereocenters. The third-order valence-electron chi connectivity index (χ3n) is 4.41. The summed E-state index contributed by atoms with van der Waals surface area (Å²) in [5.41, 5.74) is 2.19. The average molecular weight is 245 g/mol. The van der Waals surface area contributed by atoms with Crippen LogP contribution in [0.5, 0.6) is 11.5 Å². The Kier molecular flexibility index (Phi) is 2.78. The second kappa shape index (κ2) is 4.32. The zero-order valence-electron chi connectivity index (χ0n) is 10.5. The summed E-state index contributed by atoms with van der Waals surface area (Å²) in [6.07, 6.45) is 5.01. The minimum absolute atomic E-state index is 0.00754. The molecule has 0 aromatic heterocycles. The van der Waals surface area contributed by atoms with Crippen LogP contribution in [0.25, 0.3) is 0 Å². The van der Waals surface area contributed by atoms with Crippen molar-refractivity contribution in [3.8, 4) is 11.5 Å². The number of phenols is 2. The van der Waals surface area contributed by atoms with Crippen molar-refractivity contribution < 1.29 is 10.2 Å². The number of hydrogen-bond acceptors (Lipinski definition) is 3. The van der Waals surface area contributed by atoms with E-state index in [4.69, 9.17) is 0 Å². The average Bonchev–Trinajstić information content (AvgIpc) is 2.78. The first-order chi connectivity index (χ1) is 8.72. The number of hydrogen-bond donors (Lipinski definition) is 2. The van der Waals surface area contributed by atoms with Gasteiger partial charge in [0.25, 0.3) is 0 Å². The van der Waals surface area contributed by atoms with Crippen molar-refractivity contribution >= 4 is 0 Å². The number of phenolic OH excluding ortho intramolecular Hbond substituents is 2. The SMILES string of the molecule is C=CCN1CC[C@H]2c3ccc(O)c(O)c3CC[C@H]21. The fourth-order valence-corrected chi connectivity index (χ4v) is 3.60. The van der Waals surface area contributed by atoms with Gasteiger partial charge in [0.1, 0.15) is 0 Å². The minimum Gasteiger partial charge on any atom is -0.504 e. The van der Waals surface area contributed by atoms with Crippen LogP contribution >= 0.6 is 0 Å². The number of benzene rings is 1. The molecule has 0 saturated carbocycles. The molecular formula is C15H19NO2. The molecule has 1 heterocycles. The van der Waals surface area contributed by atoms with E-state index in [0.717, 1.165) is 37.9 Å². The maximum Gasteiger partial charge on any atom is 0.160 e. The molecule has 0 amide bonds. The van der Waals surface area contributed by atoms with Gasteiger partial charge < -0.3 is 10.2 Å². The largest absolute Gasteiger partial charge is 0.504 e. The molecule has 2 N–H and O–H groups in total. The molecule has 3 rings (SSSR count). The fourth-order valence-electron chi connectivity index (χ4n) is 3.60. The summed E-state index contributed by atoms with van der Waals surface area (Å²) < 4.78 is 0. The molecule has 1 fully saturated rings. The Morgan fingerprint density at radius 2 is 2.17 bits per heavy atom. The lowest BCUT2D eigenvalue weighted by atomic mass is 9.79. The zero-order valence-corrected chi connectivity index (χ0v) is 10.5. The number of nitrogens with zero attached hydrogens (tertiary/aromatic N) is 1. The molecular weight excluding hydrogens is 226 g/mol. The number of likely N-dealkylation sites (tertiary alicyclic amines) is 1. The first-order valence-electron chi connectivity index (χ1n) is 6.61. The molecule has 1 aliphatic heterocycles. The first-order valence-corrected chi connectivity index (χ1v) is 6.61. The molecule has 1 aliphatic carbocycles. The molecule has 0 radical (unpaired) electrons. The van der Waals surface area contributed by atoms with E-state index in [2.05, 4.69) is 11.5 Å². The van der Waals surface area contributed by atoms with E-state index in [9.17, 15) is 10.2 Å². The lowest BCUT2D eigenvalue weighted by molar-refractivity contribution is 0.248. The van der Waals surface area contributed by atoms with E-state index in [-0.39, 0.29) is 11.5 Å². The quantitative estimate of drug-likeness (QED) is 0.621. The van der Waals surface area contributed by atoms with Crippen molar-refractivity contribution in [2.24, 2.45) is 0 Å². The van der Waals surface area contributed by atoms with Gasteiger partial charge in [-0.15, -0.1) is 6.58 Å². The molecule has 3 heteroatoms. The number of aromatic hydroxyl groups is 2. The van der Waals surface area contributed by atoms with Crippen molar-refractivity contribution in [2.45, 2.75) is 31.2 Å². The number of rotatable bonds is 2. The maximum absolute atomic E-state index is 9.95. The van der Waals surface area contributed by atoms with Crippen LogP contribution < -0.4 is 0 Å². The van der Waals surface area contributed by atoms with Crippen molar-refractivity contribution in [3.05, 3.63) is 35.9 Å². The minimum atomic E-state index is 0.00754. The summed E-state index contributed by atoms with van der Waals surface area (Å²) in [6.45, 7) is 5.86. The van der Waals surface area contributed by atoms with Crippen LogP contribution in [0.2, 0.25) is 0 Å². The summed E-state index contributed by atoms with van der Waals surface area (Å²) in [5.74, 6) is 0.599. The van der Waals surface area contributed by atoms with Crippen LogP contribution in [0.1, 0.15) is 29.9 Å². The highest BCUT2D eigenvalue weighted by Gasteiger charge is 2.39. The highest BCUT2D eigenvalue weighted by atomic mass is 16.3. The van der Waals surface area contributed by atoms with Gasteiger partial charge in [0, 0.05) is 24.1 Å². The van der Waals surface area contributed by atoms with Gasteiger partial charge in [-0.05, 0) is 37.4 Å². The van der Waals surface area contributed by atoms with Gasteiger partial charge >= 0.3 is 0 Å². The van der Waals surface area contributed by atoms with Gasteiger partial charge in [0.15, 0.2) is 11.5 Å². The van der Waals surface area contributed by atoms with Crippen LogP contribution in [-0.2, 0) is 6.42 Å². The van der Waals surface area contributed by atoms with Crippen LogP contribution in [-0.4, -0.2) is 34.2 Å². The predicted octanol–water partition coefficient (Wildman–Crippen LogP) is 2.39. The van der Waals surface area contributed by atoms with Gasteiger partial charge in [0.05, 0.1) is 0 Å². The van der Waals surface area contributed by atoms with Crippen LogP contribution in [0.15, 0.2) is 24.8 Å². The normalized spacial score (nSPS) is 26.7. The Morgan fingerprint density at radius 3 is 2.94 bits per heavy atom. The molecule has 1 aromatic carbocycles. The van der Waals surface area contributed by atoms with E-state index in [1.54, 1.807) is 6.07 Å². The second-order valence-electron chi connectivity index (χ2n) is 5.29. The van der Waals surface area contributed by atoms with Crippen LogP contribution in [0, 0.1) is 0 Å². The summed E-state index contributed by atoms with van der Waals surface area (Å²) in [6, 6.07) is 4.17. The highest BCUT2D eigenvalue weighted by Crippen LogP contribution is 2.46. The smallest absolute Gasteiger partial charge is 0.160 e. The fraction of sp³-hybridized carbons (Fsp3) is 0.467. The monoisotopic (exact) mass is 245 g/mol. The van der Waals surface area contributed by atoms with Gasteiger partial charge in [-0.1, -0.05) is 12.1 Å². The van der Waals surface area contributed by atoms with E-state index < -0.39 is 0 Å². The van der Waals surface area contributed by atoms with E-state index in [1.165, 1.54) is 5.56 Å². The van der Waals surface area contributed by atoms with Crippen molar-refractivity contribution in [3.63, 3.8) is 0 Å². The van der Waals surface area contributed by atoms with E-state index in [0.29, 0.717) is 12.0 Å². The molecule has 18 heavy (non-hydrogen) atoms. The molecule has 1 aromatic rings. The molecule has 0 bridgehead atoms. The topological polar surface area (TPSA) is 43.7 Å². The van der Waals surface area contributed by atoms with Gasteiger partial charge in [-0.2, -0.15) is 0 Å². The summed E-state index contributed by atoms with van der Waals surface area (Å²) in [4.78, 5) is 2.48. The Labute approximate surface area is 107 Å². The lowest BCUT2D eigenvalue weighted by Crippen LogP contribution is -2.35. The Bertz CT molecular complexity index is 484. The predicted molar refractivity (Wildman–Crippen MR) is 71.0 cm³/mol. The van der Waals surface area contributed by atoms with E-state index in [1.807, 2.05) is 12.1 Å². The highest BCUT2D eigenvalue weighted by molar-refractivity contribution is 5.52. The van der Waals surface area contributed by atoms with Crippen molar-refractivity contribution in [2.75, 3.05) is 13.1 Å². The Morgan fingerprint density at radius 1 is 1.33 bits per heavy atom. The summed E-state index contributed by atoms with van der Waals surface area (Å²) >= 11 is 0. The summed E-state index contributed by atoms with van der Waals surface area (Å²) in [7, 11) is 0. The zero-order chi connectivity index (χ0) is 12.7. The van der Waals surface area contributed by atoms with Gasteiger partial charge in [-0.25, -0.2) is 0 Å². The lowest BCUT2D eigenvalue weighted by Gasteiger charge is -2.33. The molecule has 1 saturated heterocycles. The summed E-state index contributed by atoms with van der Waals surface area (Å²) in [5, 5.41) is 19.5. The van der Waals surface area contributed by atoms with Crippen LogP contribution in [0.4, 0.5) is 0 Å². The third-order valence-corrected chi connectivity index (χ3v) is 4.41. The maximum atomic E-state index is 9.95. The van der Waals surface area contributed by atoms with E-state index >= 15 is 0 Å². The van der Waals surface area contributed by atoms with Gasteiger partial charge in [0.2, 0.25) is 0 Å². The van der Waals surface area contributed by atoms with Crippen LogP contribution in [0.3, 0.4) is 0 Å². The van der Waals surface area contributed by atoms with Crippen molar-refractivity contribution in [1.82, 2.24) is 4.90 Å². The Balaban J connectivity index is 1.96. The molecule has 96 valence electrons.